The maximum absolute atomic E-state index is 11.0. The molecule has 0 aliphatic rings. The summed E-state index contributed by atoms with van der Waals surface area (Å²) >= 11 is 3.32. The molecule has 3 rings (SSSR count). The molecule has 0 saturated heterocycles. The van der Waals surface area contributed by atoms with Crippen molar-refractivity contribution in [2.45, 2.75) is 12.8 Å². The van der Waals surface area contributed by atoms with Gasteiger partial charge in [0.1, 0.15) is 0 Å². The molecule has 0 fully saturated rings. The predicted octanol–water partition coefficient (Wildman–Crippen LogP) is 3.67. The molecule has 0 unspecified atom stereocenters. The van der Waals surface area contributed by atoms with Crippen LogP contribution in [0.25, 0.3) is 0 Å². The van der Waals surface area contributed by atoms with Crippen LogP contribution in [0.2, 0.25) is 0 Å². The van der Waals surface area contributed by atoms with E-state index in [9.17, 15) is 9.59 Å². The zero-order chi connectivity index (χ0) is 14.7. The minimum absolute atomic E-state index is 0.324. The first-order chi connectivity index (χ1) is 10.3. The third-order valence-corrected chi connectivity index (χ3v) is 7.27. The molecule has 0 bridgehead atoms. The fourth-order valence-corrected chi connectivity index (χ4v) is 5.87. The molecular weight excluding hydrogens is 367 g/mol. The molecule has 106 valence electrons. The number of carbonyl (C=O) groups excluding carboxylic acids is 2. The Morgan fingerprint density at radius 1 is 0.810 bits per heavy atom. The van der Waals surface area contributed by atoms with Crippen LogP contribution in [0.15, 0.2) is 35.0 Å². The number of aldehydes is 2. The van der Waals surface area contributed by atoms with E-state index in [2.05, 4.69) is 12.1 Å². The van der Waals surface area contributed by atoms with Crippen molar-refractivity contribution in [1.29, 1.82) is 0 Å². The molecule has 0 N–H and O–H groups in total. The summed E-state index contributed by atoms with van der Waals surface area (Å²) in [5, 5.41) is 3.94. The van der Waals surface area contributed by atoms with E-state index >= 15 is 0 Å². The monoisotopic (exact) mass is 380 g/mol. The zero-order valence-corrected chi connectivity index (χ0v) is 14.4. The first-order valence-electron chi connectivity index (χ1n) is 6.41. The van der Waals surface area contributed by atoms with Gasteiger partial charge in [-0.1, -0.05) is 0 Å². The van der Waals surface area contributed by atoms with Crippen LogP contribution in [0.4, 0.5) is 0 Å². The van der Waals surface area contributed by atoms with Crippen LogP contribution >= 0.6 is 22.7 Å². The van der Waals surface area contributed by atoms with Gasteiger partial charge in [0.2, 0.25) is 0 Å². The summed E-state index contributed by atoms with van der Waals surface area (Å²) in [7, 11) is 0. The number of carbonyl (C=O) groups is 2. The van der Waals surface area contributed by atoms with Gasteiger partial charge in [0.25, 0.3) is 0 Å². The Morgan fingerprint density at radius 2 is 1.29 bits per heavy atom. The SMILES string of the molecule is O=Cc1sccc1Cc1ccc(Cc2ccsc2C=O)[se]1. The van der Waals surface area contributed by atoms with Crippen LogP contribution in [0.3, 0.4) is 0 Å². The average molecular weight is 379 g/mol. The van der Waals surface area contributed by atoms with Crippen LogP contribution in [-0.4, -0.2) is 27.1 Å². The molecule has 0 aliphatic carbocycles. The van der Waals surface area contributed by atoms with Gasteiger partial charge in [-0.15, -0.1) is 0 Å². The van der Waals surface area contributed by atoms with Gasteiger partial charge in [0, 0.05) is 0 Å². The Bertz CT molecular complexity index is 704. The molecule has 3 aromatic heterocycles. The first-order valence-corrected chi connectivity index (χ1v) is 9.88. The van der Waals surface area contributed by atoms with Crippen LogP contribution in [0.1, 0.15) is 39.3 Å². The summed E-state index contributed by atoms with van der Waals surface area (Å²) in [5.74, 6) is 0. The first kappa shape index (κ1) is 14.7. The van der Waals surface area contributed by atoms with Crippen molar-refractivity contribution in [3.8, 4) is 0 Å². The average Bonchev–Trinajstić information content (AvgIpc) is 3.21. The van der Waals surface area contributed by atoms with Crippen LogP contribution in [-0.2, 0) is 12.8 Å². The van der Waals surface area contributed by atoms with E-state index in [1.807, 2.05) is 22.9 Å². The quantitative estimate of drug-likeness (QED) is 0.484. The van der Waals surface area contributed by atoms with Gasteiger partial charge in [-0.05, 0) is 0 Å². The van der Waals surface area contributed by atoms with Crippen LogP contribution < -0.4 is 0 Å². The van der Waals surface area contributed by atoms with Gasteiger partial charge in [0.15, 0.2) is 0 Å². The van der Waals surface area contributed by atoms with E-state index in [4.69, 9.17) is 0 Å². The van der Waals surface area contributed by atoms with Crippen molar-refractivity contribution < 1.29 is 9.59 Å². The second-order valence-electron chi connectivity index (χ2n) is 4.58. The van der Waals surface area contributed by atoms with Gasteiger partial charge >= 0.3 is 137 Å². The summed E-state index contributed by atoms with van der Waals surface area (Å²) in [5.41, 5.74) is 2.25. The van der Waals surface area contributed by atoms with Crippen LogP contribution in [0, 0.1) is 0 Å². The maximum atomic E-state index is 11.0. The van der Waals surface area contributed by atoms with Crippen molar-refractivity contribution in [2.75, 3.05) is 0 Å². The summed E-state index contributed by atoms with van der Waals surface area (Å²) < 4.78 is 2.78. The molecule has 0 spiro atoms. The Labute approximate surface area is 136 Å². The van der Waals surface area contributed by atoms with Gasteiger partial charge in [-0.3, -0.25) is 0 Å². The minimum atomic E-state index is 0.324. The van der Waals surface area contributed by atoms with E-state index in [0.29, 0.717) is 14.5 Å². The molecule has 21 heavy (non-hydrogen) atoms. The van der Waals surface area contributed by atoms with Crippen molar-refractivity contribution in [1.82, 2.24) is 0 Å². The molecule has 2 nitrogen and oxygen atoms in total. The fraction of sp³-hybridized carbons (Fsp3) is 0.125. The summed E-state index contributed by atoms with van der Waals surface area (Å²) in [6, 6.07) is 8.42. The third kappa shape index (κ3) is 3.33. The van der Waals surface area contributed by atoms with E-state index < -0.39 is 0 Å². The fourth-order valence-electron chi connectivity index (χ4n) is 2.18. The zero-order valence-electron chi connectivity index (χ0n) is 11.1. The molecule has 3 heterocycles. The molecule has 0 aromatic carbocycles. The standard InChI is InChI=1S/C16H12O2S2Se/c17-9-15-11(3-5-19-15)7-13-1-2-14(21-13)8-12-4-6-20-16(12)10-18/h1-6,9-10H,7-8H2. The molecular formula is C16H12O2S2Se. The van der Waals surface area contributed by atoms with E-state index in [0.717, 1.165) is 46.3 Å². The number of rotatable bonds is 6. The molecule has 0 aliphatic heterocycles. The third-order valence-electron chi connectivity index (χ3n) is 3.22. The van der Waals surface area contributed by atoms with Gasteiger partial charge in [-0.2, -0.15) is 0 Å². The number of hydrogen-bond donors (Lipinski definition) is 0. The van der Waals surface area contributed by atoms with Gasteiger partial charge in [-0.25, -0.2) is 0 Å². The van der Waals surface area contributed by atoms with Crippen molar-refractivity contribution in [2.24, 2.45) is 0 Å². The Kier molecular flexibility index (Phi) is 4.66. The molecule has 0 saturated carbocycles. The van der Waals surface area contributed by atoms with E-state index in [-0.39, 0.29) is 0 Å². The normalized spacial score (nSPS) is 10.7. The Hall–Kier alpha value is -1.26. The molecule has 3 aromatic rings. The predicted molar refractivity (Wildman–Crippen MR) is 88.4 cm³/mol. The van der Waals surface area contributed by atoms with Crippen molar-refractivity contribution >= 4 is 49.7 Å². The second-order valence-corrected chi connectivity index (χ2v) is 9.10. The van der Waals surface area contributed by atoms with Crippen molar-refractivity contribution in [3.63, 3.8) is 0 Å². The van der Waals surface area contributed by atoms with E-state index in [1.54, 1.807) is 0 Å². The second kappa shape index (κ2) is 6.67. The molecule has 0 atom stereocenters. The summed E-state index contributed by atoms with van der Waals surface area (Å²) in [6.45, 7) is 0. The van der Waals surface area contributed by atoms with Gasteiger partial charge < -0.3 is 0 Å². The summed E-state index contributed by atoms with van der Waals surface area (Å²) in [6.07, 6.45) is 3.61. The summed E-state index contributed by atoms with van der Waals surface area (Å²) in [4.78, 5) is 23.6. The molecule has 0 amide bonds. The Balaban J connectivity index is 1.74. The van der Waals surface area contributed by atoms with Crippen molar-refractivity contribution in [3.05, 3.63) is 64.8 Å². The van der Waals surface area contributed by atoms with Crippen LogP contribution in [0.5, 0.6) is 0 Å². The topological polar surface area (TPSA) is 34.1 Å². The molecule has 5 heteroatoms. The number of thiophene rings is 2. The Morgan fingerprint density at radius 3 is 1.71 bits per heavy atom. The number of hydrogen-bond acceptors (Lipinski definition) is 4. The van der Waals surface area contributed by atoms with Gasteiger partial charge in [0.05, 0.1) is 0 Å². The van der Waals surface area contributed by atoms with E-state index in [1.165, 1.54) is 31.5 Å². The molecule has 0 radical (unpaired) electrons.